The van der Waals surface area contributed by atoms with Gasteiger partial charge in [0.15, 0.2) is 0 Å². The molecule has 0 saturated carbocycles. The Hall–Kier alpha value is -1.22. The van der Waals surface area contributed by atoms with Crippen LogP contribution in [-0.2, 0) is 0 Å². The summed E-state index contributed by atoms with van der Waals surface area (Å²) in [4.78, 5) is 2.45. The van der Waals surface area contributed by atoms with Crippen molar-refractivity contribution in [3.8, 4) is 5.75 Å². The van der Waals surface area contributed by atoms with Gasteiger partial charge in [-0.25, -0.2) is 0 Å². The van der Waals surface area contributed by atoms with Gasteiger partial charge in [0, 0.05) is 19.6 Å². The molecule has 1 unspecified atom stereocenters. The number of benzene rings is 1. The van der Waals surface area contributed by atoms with Crippen LogP contribution in [0.1, 0.15) is 0 Å². The van der Waals surface area contributed by atoms with Crippen molar-refractivity contribution in [3.05, 3.63) is 24.3 Å². The van der Waals surface area contributed by atoms with Gasteiger partial charge in [0.05, 0.1) is 11.7 Å². The van der Waals surface area contributed by atoms with Crippen molar-refractivity contribution in [2.24, 2.45) is 0 Å². The molecule has 1 saturated heterocycles. The van der Waals surface area contributed by atoms with E-state index in [4.69, 9.17) is 4.74 Å². The van der Waals surface area contributed by atoms with E-state index < -0.39 is 0 Å². The molecule has 1 N–H and O–H groups in total. The molecule has 0 aromatic heterocycles. The summed E-state index contributed by atoms with van der Waals surface area (Å²) in [6.45, 7) is 4.01. The molecule has 1 aromatic carbocycles. The fourth-order valence-electron chi connectivity index (χ4n) is 2.23. The maximum absolute atomic E-state index is 5.71. The highest BCUT2D eigenvalue weighted by molar-refractivity contribution is 5.61. The predicted molar refractivity (Wildman–Crippen MR) is 55.9 cm³/mol. The molecule has 0 aliphatic carbocycles. The highest BCUT2D eigenvalue weighted by Gasteiger charge is 2.28. The first-order valence-electron chi connectivity index (χ1n) is 5.14. The van der Waals surface area contributed by atoms with Crippen LogP contribution in [0.2, 0.25) is 0 Å². The Morgan fingerprint density at radius 1 is 1.36 bits per heavy atom. The van der Waals surface area contributed by atoms with Gasteiger partial charge in [-0.2, -0.15) is 0 Å². The van der Waals surface area contributed by atoms with Gasteiger partial charge in [-0.05, 0) is 12.1 Å². The number of fused-ring (bicyclic) bond motifs is 3. The van der Waals surface area contributed by atoms with Gasteiger partial charge in [0.2, 0.25) is 0 Å². The molecule has 0 bridgehead atoms. The lowest BCUT2D eigenvalue weighted by Gasteiger charge is -2.41. The molecule has 1 atom stereocenters. The quantitative estimate of drug-likeness (QED) is 0.656. The summed E-state index contributed by atoms with van der Waals surface area (Å²) in [6, 6.07) is 8.81. The van der Waals surface area contributed by atoms with Gasteiger partial charge in [0.25, 0.3) is 0 Å². The van der Waals surface area contributed by atoms with E-state index in [0.29, 0.717) is 6.04 Å². The smallest absolute Gasteiger partial charge is 0.142 e. The molecule has 74 valence electrons. The van der Waals surface area contributed by atoms with Gasteiger partial charge >= 0.3 is 0 Å². The second kappa shape index (κ2) is 3.17. The number of nitrogens with zero attached hydrogens (tertiary/aromatic N) is 1. The van der Waals surface area contributed by atoms with Crippen molar-refractivity contribution >= 4 is 5.69 Å². The molecule has 0 radical (unpaired) electrons. The zero-order chi connectivity index (χ0) is 9.38. The van der Waals surface area contributed by atoms with E-state index in [1.807, 2.05) is 12.1 Å². The standard InChI is InChI=1S/C11H14N2O/c1-2-4-11-10(3-1)13-6-5-12-7-9(13)8-14-11/h1-4,9,12H,5-8H2. The summed E-state index contributed by atoms with van der Waals surface area (Å²) in [5.41, 5.74) is 1.25. The molecule has 2 heterocycles. The van der Waals surface area contributed by atoms with Crippen LogP contribution in [0.5, 0.6) is 5.75 Å². The first-order valence-corrected chi connectivity index (χ1v) is 5.14. The van der Waals surface area contributed by atoms with Crippen LogP contribution in [0.3, 0.4) is 0 Å². The van der Waals surface area contributed by atoms with Crippen LogP contribution in [0.4, 0.5) is 5.69 Å². The molecule has 3 heteroatoms. The first kappa shape index (κ1) is 8.12. The van der Waals surface area contributed by atoms with Crippen molar-refractivity contribution in [3.63, 3.8) is 0 Å². The largest absolute Gasteiger partial charge is 0.489 e. The van der Waals surface area contributed by atoms with Crippen LogP contribution in [-0.4, -0.2) is 32.3 Å². The van der Waals surface area contributed by atoms with Crippen molar-refractivity contribution in [2.45, 2.75) is 6.04 Å². The van der Waals surface area contributed by atoms with Crippen molar-refractivity contribution < 1.29 is 4.74 Å². The Labute approximate surface area is 83.7 Å². The Kier molecular flexibility index (Phi) is 1.84. The number of para-hydroxylation sites is 2. The van der Waals surface area contributed by atoms with Crippen LogP contribution in [0, 0.1) is 0 Å². The molecule has 0 amide bonds. The van der Waals surface area contributed by atoms with E-state index in [1.165, 1.54) is 5.69 Å². The number of hydrogen-bond donors (Lipinski definition) is 1. The number of ether oxygens (including phenoxy) is 1. The number of rotatable bonds is 0. The van der Waals surface area contributed by atoms with Gasteiger partial charge in [-0.1, -0.05) is 12.1 Å². The molecule has 3 rings (SSSR count). The topological polar surface area (TPSA) is 24.5 Å². The summed E-state index contributed by atoms with van der Waals surface area (Å²) in [7, 11) is 0. The molecule has 14 heavy (non-hydrogen) atoms. The Morgan fingerprint density at radius 2 is 2.29 bits per heavy atom. The Balaban J connectivity index is 1.99. The third-order valence-electron chi connectivity index (χ3n) is 2.96. The van der Waals surface area contributed by atoms with Crippen LogP contribution >= 0.6 is 0 Å². The summed E-state index contributed by atoms with van der Waals surface area (Å²) >= 11 is 0. The average molecular weight is 190 g/mol. The van der Waals surface area contributed by atoms with Crippen molar-refractivity contribution in [1.82, 2.24) is 5.32 Å². The van der Waals surface area contributed by atoms with Crippen LogP contribution < -0.4 is 15.0 Å². The predicted octanol–water partition coefficient (Wildman–Crippen LogP) is 0.857. The van der Waals surface area contributed by atoms with E-state index in [1.54, 1.807) is 0 Å². The van der Waals surface area contributed by atoms with Gasteiger partial charge in [-0.15, -0.1) is 0 Å². The maximum atomic E-state index is 5.71. The third kappa shape index (κ3) is 1.16. The number of hydrogen-bond acceptors (Lipinski definition) is 3. The van der Waals surface area contributed by atoms with E-state index in [2.05, 4.69) is 22.3 Å². The number of piperazine rings is 1. The lowest BCUT2D eigenvalue weighted by atomic mass is 10.1. The Bertz CT molecular complexity index is 340. The lowest BCUT2D eigenvalue weighted by Crippen LogP contribution is -2.55. The molecular weight excluding hydrogens is 176 g/mol. The van der Waals surface area contributed by atoms with Gasteiger partial charge in [-0.3, -0.25) is 0 Å². The number of nitrogens with one attached hydrogen (secondary N) is 1. The summed E-state index contributed by atoms with van der Waals surface area (Å²) in [6.07, 6.45) is 0. The molecular formula is C11H14N2O. The van der Waals surface area contributed by atoms with E-state index in [0.717, 1.165) is 32.0 Å². The molecule has 1 fully saturated rings. The minimum Gasteiger partial charge on any atom is -0.489 e. The minimum atomic E-state index is 0.513. The maximum Gasteiger partial charge on any atom is 0.142 e. The lowest BCUT2D eigenvalue weighted by molar-refractivity contribution is 0.247. The van der Waals surface area contributed by atoms with Crippen molar-refractivity contribution in [1.29, 1.82) is 0 Å². The fraction of sp³-hybridized carbons (Fsp3) is 0.455. The number of anilines is 1. The molecule has 2 aliphatic rings. The summed E-state index contributed by atoms with van der Waals surface area (Å²) in [5.74, 6) is 1.03. The highest BCUT2D eigenvalue weighted by Crippen LogP contribution is 2.33. The molecule has 0 spiro atoms. The summed E-state index contributed by atoms with van der Waals surface area (Å²) in [5, 5.41) is 3.39. The first-order chi connectivity index (χ1) is 6.95. The fourth-order valence-corrected chi connectivity index (χ4v) is 2.23. The monoisotopic (exact) mass is 190 g/mol. The SMILES string of the molecule is c1ccc2c(c1)OCC1CNCCN21. The summed E-state index contributed by atoms with van der Waals surface area (Å²) < 4.78 is 5.71. The highest BCUT2D eigenvalue weighted by atomic mass is 16.5. The zero-order valence-corrected chi connectivity index (χ0v) is 8.07. The average Bonchev–Trinajstić information content (AvgIpc) is 2.29. The Morgan fingerprint density at radius 3 is 3.29 bits per heavy atom. The normalized spacial score (nSPS) is 24.9. The second-order valence-corrected chi connectivity index (χ2v) is 3.83. The zero-order valence-electron chi connectivity index (χ0n) is 8.07. The van der Waals surface area contributed by atoms with E-state index in [9.17, 15) is 0 Å². The van der Waals surface area contributed by atoms with Crippen LogP contribution in [0.15, 0.2) is 24.3 Å². The third-order valence-corrected chi connectivity index (χ3v) is 2.96. The molecule has 2 aliphatic heterocycles. The van der Waals surface area contributed by atoms with Gasteiger partial charge in [0.1, 0.15) is 12.4 Å². The molecule has 3 nitrogen and oxygen atoms in total. The van der Waals surface area contributed by atoms with Crippen molar-refractivity contribution in [2.75, 3.05) is 31.1 Å². The second-order valence-electron chi connectivity index (χ2n) is 3.83. The molecule has 1 aromatic rings. The minimum absolute atomic E-state index is 0.513. The van der Waals surface area contributed by atoms with E-state index in [-0.39, 0.29) is 0 Å². The van der Waals surface area contributed by atoms with Crippen LogP contribution in [0.25, 0.3) is 0 Å². The van der Waals surface area contributed by atoms with E-state index >= 15 is 0 Å². The van der Waals surface area contributed by atoms with Gasteiger partial charge < -0.3 is 15.0 Å².